The number of nitrogens with one attached hydrogen (secondary N) is 1. The Balaban J connectivity index is 2.86. The van der Waals surface area contributed by atoms with Crippen LogP contribution in [0.3, 0.4) is 0 Å². The first-order chi connectivity index (χ1) is 9.49. The number of hydrogen-bond donors (Lipinski definition) is 2. The average Bonchev–Trinajstić information content (AvgIpc) is 2.42. The van der Waals surface area contributed by atoms with Crippen LogP contribution in [0.4, 0.5) is 0 Å². The van der Waals surface area contributed by atoms with Gasteiger partial charge in [0.15, 0.2) is 0 Å². The van der Waals surface area contributed by atoms with Gasteiger partial charge >= 0.3 is 5.97 Å². The molecular formula is C14H15N3O3. The molecule has 0 aliphatic heterocycles. The number of allylic oxidation sites excluding steroid dienone is 1. The molecule has 0 aliphatic carbocycles. The van der Waals surface area contributed by atoms with Gasteiger partial charge in [0.2, 0.25) is 0 Å². The van der Waals surface area contributed by atoms with E-state index in [1.165, 1.54) is 12.1 Å². The molecule has 1 aromatic rings. The van der Waals surface area contributed by atoms with Gasteiger partial charge in [-0.25, -0.2) is 9.78 Å². The molecule has 1 rings (SSSR count). The number of amides is 1. The summed E-state index contributed by atoms with van der Waals surface area (Å²) in [7, 11) is 0. The summed E-state index contributed by atoms with van der Waals surface area (Å²) in [5.41, 5.74) is 0.902. The summed E-state index contributed by atoms with van der Waals surface area (Å²) >= 11 is 0. The minimum Gasteiger partial charge on any atom is -0.480 e. The van der Waals surface area contributed by atoms with E-state index in [9.17, 15) is 9.59 Å². The number of hydrogen-bond acceptors (Lipinski definition) is 4. The van der Waals surface area contributed by atoms with Crippen molar-refractivity contribution in [3.63, 3.8) is 0 Å². The Morgan fingerprint density at radius 3 is 2.75 bits per heavy atom. The molecule has 0 saturated heterocycles. The van der Waals surface area contributed by atoms with Crippen molar-refractivity contribution in [3.05, 3.63) is 41.2 Å². The zero-order valence-corrected chi connectivity index (χ0v) is 11.3. The Kier molecular flexibility index (Phi) is 5.42. The van der Waals surface area contributed by atoms with Crippen LogP contribution < -0.4 is 5.32 Å². The minimum absolute atomic E-state index is 0.0910. The average molecular weight is 273 g/mol. The van der Waals surface area contributed by atoms with Gasteiger partial charge in [-0.2, -0.15) is 5.26 Å². The number of nitrogens with zero attached hydrogens (tertiary/aromatic N) is 2. The van der Waals surface area contributed by atoms with Gasteiger partial charge in [-0.3, -0.25) is 4.79 Å². The fourth-order valence-electron chi connectivity index (χ4n) is 1.53. The number of aromatic nitrogens is 1. The Labute approximate surface area is 116 Å². The Morgan fingerprint density at radius 1 is 1.55 bits per heavy atom. The van der Waals surface area contributed by atoms with Gasteiger partial charge in [0.05, 0.1) is 11.3 Å². The number of rotatable bonds is 5. The lowest BCUT2D eigenvalue weighted by atomic mass is 10.1. The highest BCUT2D eigenvalue weighted by Crippen LogP contribution is 2.06. The lowest BCUT2D eigenvalue weighted by Gasteiger charge is -2.12. The normalized spacial score (nSPS) is 11.8. The molecule has 6 heteroatoms. The number of carboxylic acid groups (broad SMARTS) is 1. The fourth-order valence-corrected chi connectivity index (χ4v) is 1.53. The summed E-state index contributed by atoms with van der Waals surface area (Å²) in [4.78, 5) is 26.9. The SMILES string of the molecule is C/C=C/CC(NC(=O)c1ccc(C#N)c(C)n1)C(=O)O. The zero-order chi connectivity index (χ0) is 15.1. The molecule has 0 fully saturated rings. The van der Waals surface area contributed by atoms with Crippen LogP contribution in [0.25, 0.3) is 0 Å². The number of pyridine rings is 1. The molecule has 104 valence electrons. The van der Waals surface area contributed by atoms with Crippen LogP contribution >= 0.6 is 0 Å². The summed E-state index contributed by atoms with van der Waals surface area (Å²) < 4.78 is 0. The van der Waals surface area contributed by atoms with E-state index < -0.39 is 17.9 Å². The number of carbonyl (C=O) groups excluding carboxylic acids is 1. The van der Waals surface area contributed by atoms with Crippen molar-refractivity contribution in [2.45, 2.75) is 26.3 Å². The second kappa shape index (κ2) is 7.04. The monoisotopic (exact) mass is 273 g/mol. The first-order valence-electron chi connectivity index (χ1n) is 6.02. The van der Waals surface area contributed by atoms with Crippen LogP contribution in [-0.2, 0) is 4.79 Å². The van der Waals surface area contributed by atoms with Crippen LogP contribution in [0.15, 0.2) is 24.3 Å². The van der Waals surface area contributed by atoms with Gasteiger partial charge in [-0.05, 0) is 32.4 Å². The molecule has 1 aromatic heterocycles. The smallest absolute Gasteiger partial charge is 0.326 e. The molecule has 1 unspecified atom stereocenters. The van der Waals surface area contributed by atoms with Crippen LogP contribution in [0.5, 0.6) is 0 Å². The van der Waals surface area contributed by atoms with E-state index in [0.717, 1.165) is 0 Å². The van der Waals surface area contributed by atoms with Crippen LogP contribution in [-0.4, -0.2) is 28.0 Å². The maximum absolute atomic E-state index is 11.9. The molecule has 1 amide bonds. The van der Waals surface area contributed by atoms with E-state index in [1.807, 2.05) is 6.07 Å². The van der Waals surface area contributed by atoms with Crippen molar-refractivity contribution in [3.8, 4) is 6.07 Å². The third-order valence-corrected chi connectivity index (χ3v) is 2.65. The number of carbonyl (C=O) groups is 2. The van der Waals surface area contributed by atoms with Crippen molar-refractivity contribution in [2.24, 2.45) is 0 Å². The van der Waals surface area contributed by atoms with Crippen molar-refractivity contribution in [1.29, 1.82) is 5.26 Å². The first kappa shape index (κ1) is 15.4. The van der Waals surface area contributed by atoms with E-state index in [1.54, 1.807) is 26.0 Å². The van der Waals surface area contributed by atoms with Crippen LogP contribution in [0.2, 0.25) is 0 Å². The van der Waals surface area contributed by atoms with E-state index in [2.05, 4.69) is 10.3 Å². The second-order valence-corrected chi connectivity index (χ2v) is 4.11. The number of aryl methyl sites for hydroxylation is 1. The van der Waals surface area contributed by atoms with Gasteiger partial charge in [-0.15, -0.1) is 0 Å². The molecule has 1 heterocycles. The quantitative estimate of drug-likeness (QED) is 0.789. The van der Waals surface area contributed by atoms with Gasteiger partial charge in [0.25, 0.3) is 5.91 Å². The Hall–Kier alpha value is -2.68. The van der Waals surface area contributed by atoms with Crippen molar-refractivity contribution < 1.29 is 14.7 Å². The number of aliphatic carboxylic acids is 1. The molecule has 0 aliphatic rings. The summed E-state index contributed by atoms with van der Waals surface area (Å²) in [5, 5.41) is 20.2. The van der Waals surface area contributed by atoms with Crippen LogP contribution in [0, 0.1) is 18.3 Å². The lowest BCUT2D eigenvalue weighted by molar-refractivity contribution is -0.139. The van der Waals surface area contributed by atoms with Crippen molar-refractivity contribution >= 4 is 11.9 Å². The predicted molar refractivity (Wildman–Crippen MR) is 72.0 cm³/mol. The van der Waals surface area contributed by atoms with Gasteiger partial charge in [-0.1, -0.05) is 12.2 Å². The first-order valence-corrected chi connectivity index (χ1v) is 6.02. The molecule has 6 nitrogen and oxygen atoms in total. The largest absolute Gasteiger partial charge is 0.480 e. The highest BCUT2D eigenvalue weighted by Gasteiger charge is 2.20. The third kappa shape index (κ3) is 3.92. The molecular weight excluding hydrogens is 258 g/mol. The predicted octanol–water partition coefficient (Wildman–Crippen LogP) is 1.41. The minimum atomic E-state index is -1.11. The highest BCUT2D eigenvalue weighted by molar-refractivity contribution is 5.95. The van der Waals surface area contributed by atoms with Crippen molar-refractivity contribution in [2.75, 3.05) is 0 Å². The topological polar surface area (TPSA) is 103 Å². The summed E-state index contributed by atoms with van der Waals surface area (Å²) in [6.45, 7) is 3.39. The molecule has 0 spiro atoms. The second-order valence-electron chi connectivity index (χ2n) is 4.11. The van der Waals surface area contributed by atoms with Gasteiger partial charge in [0, 0.05) is 0 Å². The number of carboxylic acids is 1. The molecule has 0 aromatic carbocycles. The Bertz CT molecular complexity index is 588. The summed E-state index contributed by atoms with van der Waals surface area (Å²) in [5.74, 6) is -1.68. The maximum atomic E-state index is 11.9. The zero-order valence-electron chi connectivity index (χ0n) is 11.3. The third-order valence-electron chi connectivity index (χ3n) is 2.65. The summed E-state index contributed by atoms with van der Waals surface area (Å²) in [6.07, 6.45) is 3.58. The van der Waals surface area contributed by atoms with E-state index in [0.29, 0.717) is 11.3 Å². The van der Waals surface area contributed by atoms with E-state index in [4.69, 9.17) is 10.4 Å². The lowest BCUT2D eigenvalue weighted by Crippen LogP contribution is -2.40. The summed E-state index contributed by atoms with van der Waals surface area (Å²) in [6, 6.07) is 3.83. The molecule has 0 saturated carbocycles. The van der Waals surface area contributed by atoms with E-state index in [-0.39, 0.29) is 12.1 Å². The number of nitriles is 1. The highest BCUT2D eigenvalue weighted by atomic mass is 16.4. The fraction of sp³-hybridized carbons (Fsp3) is 0.286. The van der Waals surface area contributed by atoms with Crippen molar-refractivity contribution in [1.82, 2.24) is 10.3 Å². The molecule has 1 atom stereocenters. The molecule has 0 bridgehead atoms. The standard InChI is InChI=1S/C14H15N3O3/c1-3-4-5-12(14(19)20)17-13(18)11-7-6-10(8-15)9(2)16-11/h3-4,6-7,12H,5H2,1-2H3,(H,17,18)(H,19,20)/b4-3+. The molecule has 2 N–H and O–H groups in total. The van der Waals surface area contributed by atoms with Gasteiger partial charge < -0.3 is 10.4 Å². The Morgan fingerprint density at radius 2 is 2.25 bits per heavy atom. The van der Waals surface area contributed by atoms with Crippen LogP contribution in [0.1, 0.15) is 35.1 Å². The molecule has 20 heavy (non-hydrogen) atoms. The molecule has 0 radical (unpaired) electrons. The van der Waals surface area contributed by atoms with E-state index >= 15 is 0 Å². The van der Waals surface area contributed by atoms with Gasteiger partial charge in [0.1, 0.15) is 17.8 Å². The maximum Gasteiger partial charge on any atom is 0.326 e.